The number of hydrogen-bond acceptors (Lipinski definition) is 5. The molecule has 0 radical (unpaired) electrons. The lowest BCUT2D eigenvalue weighted by Crippen LogP contribution is -2.06. The summed E-state index contributed by atoms with van der Waals surface area (Å²) in [4.78, 5) is 11.2. The zero-order valence-electron chi connectivity index (χ0n) is 10.7. The number of anilines is 1. The van der Waals surface area contributed by atoms with Gasteiger partial charge in [0.2, 0.25) is 11.8 Å². The number of nitrogens with zero attached hydrogens (tertiary/aromatic N) is 2. The van der Waals surface area contributed by atoms with Gasteiger partial charge < -0.3 is 10.1 Å². The van der Waals surface area contributed by atoms with Crippen LogP contribution in [-0.2, 0) is 0 Å². The van der Waals surface area contributed by atoms with E-state index in [4.69, 9.17) is 4.74 Å². The first-order valence-electron chi connectivity index (χ1n) is 6.41. The lowest BCUT2D eigenvalue weighted by molar-refractivity contribution is 0.292. The molecule has 1 aliphatic carbocycles. The number of fused-ring (bicyclic) bond motifs is 1. The second-order valence-corrected chi connectivity index (χ2v) is 5.95. The van der Waals surface area contributed by atoms with E-state index in [0.29, 0.717) is 5.95 Å². The quantitative estimate of drug-likeness (QED) is 0.899. The Morgan fingerprint density at radius 1 is 1.44 bits per heavy atom. The Morgan fingerprint density at radius 3 is 3.00 bits per heavy atom. The molecule has 5 heteroatoms. The Balaban J connectivity index is 1.95. The predicted octanol–water partition coefficient (Wildman–Crippen LogP) is 3.22. The Morgan fingerprint density at radius 2 is 2.28 bits per heavy atom. The molecule has 0 atom stereocenters. The molecule has 2 aromatic rings. The molecule has 0 aromatic carbocycles. The van der Waals surface area contributed by atoms with Crippen LogP contribution in [0.25, 0.3) is 10.2 Å². The molecule has 0 unspecified atom stereocenters. The highest BCUT2D eigenvalue weighted by Gasteiger charge is 2.23. The molecular weight excluding hydrogens is 246 g/mol. The summed E-state index contributed by atoms with van der Waals surface area (Å²) >= 11 is 1.69. The van der Waals surface area contributed by atoms with Crippen LogP contribution in [0.4, 0.5) is 5.95 Å². The van der Waals surface area contributed by atoms with Gasteiger partial charge in [0.1, 0.15) is 4.83 Å². The van der Waals surface area contributed by atoms with Gasteiger partial charge in [-0.2, -0.15) is 4.98 Å². The minimum atomic E-state index is 0.664. The first-order valence-corrected chi connectivity index (χ1v) is 7.22. The van der Waals surface area contributed by atoms with Gasteiger partial charge in [0.15, 0.2) is 0 Å². The molecule has 0 saturated heterocycles. The van der Waals surface area contributed by atoms with E-state index in [0.717, 1.165) is 35.2 Å². The van der Waals surface area contributed by atoms with Crippen LogP contribution in [0.5, 0.6) is 5.88 Å². The van der Waals surface area contributed by atoms with Crippen molar-refractivity contribution in [2.75, 3.05) is 18.5 Å². The highest BCUT2D eigenvalue weighted by Crippen LogP contribution is 2.33. The SMILES string of the molecule is CCNc1nc(OCC2CC2)c2cc(C)sc2n1. The van der Waals surface area contributed by atoms with Crippen molar-refractivity contribution in [3.8, 4) is 5.88 Å². The summed E-state index contributed by atoms with van der Waals surface area (Å²) in [5.74, 6) is 2.13. The molecule has 0 bridgehead atoms. The Labute approximate surface area is 110 Å². The third kappa shape index (κ3) is 2.41. The van der Waals surface area contributed by atoms with Crippen molar-refractivity contribution in [1.82, 2.24) is 9.97 Å². The van der Waals surface area contributed by atoms with Crippen molar-refractivity contribution in [3.63, 3.8) is 0 Å². The van der Waals surface area contributed by atoms with Crippen molar-refractivity contribution in [3.05, 3.63) is 10.9 Å². The third-order valence-corrected chi connectivity index (χ3v) is 3.91. The molecule has 1 aliphatic rings. The van der Waals surface area contributed by atoms with Gasteiger partial charge in [-0.25, -0.2) is 4.98 Å². The summed E-state index contributed by atoms with van der Waals surface area (Å²) in [5.41, 5.74) is 0. The lowest BCUT2D eigenvalue weighted by Gasteiger charge is -2.08. The molecule has 2 aromatic heterocycles. The maximum atomic E-state index is 5.86. The molecule has 1 saturated carbocycles. The van der Waals surface area contributed by atoms with E-state index in [1.807, 2.05) is 6.92 Å². The summed E-state index contributed by atoms with van der Waals surface area (Å²) < 4.78 is 5.86. The highest BCUT2D eigenvalue weighted by atomic mass is 32.1. The molecule has 2 heterocycles. The van der Waals surface area contributed by atoms with Crippen LogP contribution in [0.1, 0.15) is 24.6 Å². The van der Waals surface area contributed by atoms with E-state index in [1.165, 1.54) is 17.7 Å². The van der Waals surface area contributed by atoms with Crippen molar-refractivity contribution in [2.24, 2.45) is 5.92 Å². The lowest BCUT2D eigenvalue weighted by atomic mass is 10.3. The fourth-order valence-corrected chi connectivity index (χ4v) is 2.71. The van der Waals surface area contributed by atoms with Gasteiger partial charge in [-0.05, 0) is 38.7 Å². The third-order valence-electron chi connectivity index (χ3n) is 2.97. The van der Waals surface area contributed by atoms with E-state index in [-0.39, 0.29) is 0 Å². The normalized spacial score (nSPS) is 15.0. The van der Waals surface area contributed by atoms with E-state index < -0.39 is 0 Å². The molecule has 4 nitrogen and oxygen atoms in total. The van der Waals surface area contributed by atoms with E-state index >= 15 is 0 Å². The molecule has 0 spiro atoms. The maximum absolute atomic E-state index is 5.86. The summed E-state index contributed by atoms with van der Waals surface area (Å²) in [7, 11) is 0. The van der Waals surface area contributed by atoms with Gasteiger partial charge in [0, 0.05) is 11.4 Å². The Kier molecular flexibility index (Phi) is 3.07. The topological polar surface area (TPSA) is 47.0 Å². The fourth-order valence-electron chi connectivity index (χ4n) is 1.84. The molecule has 18 heavy (non-hydrogen) atoms. The minimum absolute atomic E-state index is 0.664. The van der Waals surface area contributed by atoms with Crippen LogP contribution in [0.2, 0.25) is 0 Å². The molecular formula is C13H17N3OS. The second kappa shape index (κ2) is 4.72. The van der Waals surface area contributed by atoms with E-state index in [2.05, 4.69) is 28.3 Å². The van der Waals surface area contributed by atoms with Crippen molar-refractivity contribution >= 4 is 27.5 Å². The van der Waals surface area contributed by atoms with E-state index in [9.17, 15) is 0 Å². The zero-order valence-corrected chi connectivity index (χ0v) is 11.5. The molecule has 1 N–H and O–H groups in total. The summed E-state index contributed by atoms with van der Waals surface area (Å²) in [6.45, 7) is 5.73. The number of hydrogen-bond donors (Lipinski definition) is 1. The number of thiophene rings is 1. The molecule has 96 valence electrons. The van der Waals surface area contributed by atoms with Crippen LogP contribution >= 0.6 is 11.3 Å². The van der Waals surface area contributed by atoms with Gasteiger partial charge in [-0.15, -0.1) is 11.3 Å². The number of aryl methyl sites for hydroxylation is 1. The Bertz CT molecular complexity index is 563. The molecule has 3 rings (SSSR count). The number of aromatic nitrogens is 2. The first kappa shape index (κ1) is 11.7. The van der Waals surface area contributed by atoms with Crippen LogP contribution in [0.15, 0.2) is 6.07 Å². The standard InChI is InChI=1S/C13H17N3OS/c1-3-14-13-15-11(17-7-9-4-5-9)10-6-8(2)18-12(10)16-13/h6,9H,3-5,7H2,1-2H3,(H,14,15,16). The summed E-state index contributed by atoms with van der Waals surface area (Å²) in [5, 5.41) is 4.20. The van der Waals surface area contributed by atoms with Crippen LogP contribution in [0.3, 0.4) is 0 Å². The van der Waals surface area contributed by atoms with Crippen molar-refractivity contribution in [1.29, 1.82) is 0 Å². The average Bonchev–Trinajstić information content (AvgIpc) is 3.08. The van der Waals surface area contributed by atoms with Crippen LogP contribution in [0, 0.1) is 12.8 Å². The highest BCUT2D eigenvalue weighted by molar-refractivity contribution is 7.18. The maximum Gasteiger partial charge on any atom is 0.227 e. The smallest absolute Gasteiger partial charge is 0.227 e. The van der Waals surface area contributed by atoms with Crippen molar-refractivity contribution < 1.29 is 4.74 Å². The molecule has 0 amide bonds. The van der Waals surface area contributed by atoms with Gasteiger partial charge in [0.05, 0.1) is 12.0 Å². The average molecular weight is 263 g/mol. The van der Waals surface area contributed by atoms with Gasteiger partial charge >= 0.3 is 0 Å². The van der Waals surface area contributed by atoms with Crippen molar-refractivity contribution in [2.45, 2.75) is 26.7 Å². The number of rotatable bonds is 5. The first-order chi connectivity index (χ1) is 8.76. The number of ether oxygens (including phenoxy) is 1. The van der Waals surface area contributed by atoms with E-state index in [1.54, 1.807) is 11.3 Å². The van der Waals surface area contributed by atoms with Crippen LogP contribution < -0.4 is 10.1 Å². The van der Waals surface area contributed by atoms with Gasteiger partial charge in [-0.1, -0.05) is 0 Å². The predicted molar refractivity (Wildman–Crippen MR) is 74.5 cm³/mol. The monoisotopic (exact) mass is 263 g/mol. The summed E-state index contributed by atoms with van der Waals surface area (Å²) in [6.07, 6.45) is 2.58. The zero-order chi connectivity index (χ0) is 12.5. The van der Waals surface area contributed by atoms with Crippen LogP contribution in [-0.4, -0.2) is 23.1 Å². The Hall–Kier alpha value is -1.36. The molecule has 1 fully saturated rings. The fraction of sp³-hybridized carbons (Fsp3) is 0.538. The van der Waals surface area contributed by atoms with Gasteiger partial charge in [-0.3, -0.25) is 0 Å². The summed E-state index contributed by atoms with van der Waals surface area (Å²) in [6, 6.07) is 2.11. The largest absolute Gasteiger partial charge is 0.477 e. The minimum Gasteiger partial charge on any atom is -0.477 e. The molecule has 0 aliphatic heterocycles. The number of nitrogens with one attached hydrogen (secondary N) is 1. The van der Waals surface area contributed by atoms with Gasteiger partial charge in [0.25, 0.3) is 0 Å². The second-order valence-electron chi connectivity index (χ2n) is 4.71.